The van der Waals surface area contributed by atoms with E-state index in [2.05, 4.69) is 6.92 Å². The monoisotopic (exact) mass is 251 g/mol. The summed E-state index contributed by atoms with van der Waals surface area (Å²) < 4.78 is 6.16. The Kier molecular flexibility index (Phi) is 3.44. The predicted octanol–water partition coefficient (Wildman–Crippen LogP) is 3.63. The Morgan fingerprint density at radius 1 is 1.11 bits per heavy atom. The summed E-state index contributed by atoms with van der Waals surface area (Å²) in [5.41, 5.74) is 7.17. The minimum Gasteiger partial charge on any atom is -0.375 e. The molecule has 2 heteroatoms. The van der Waals surface area contributed by atoms with E-state index < -0.39 is 0 Å². The second-order valence-corrected chi connectivity index (χ2v) is 7.18. The van der Waals surface area contributed by atoms with Crippen molar-refractivity contribution >= 4 is 0 Å². The van der Waals surface area contributed by atoms with E-state index in [9.17, 15) is 0 Å². The number of hydrogen-bond acceptors (Lipinski definition) is 2. The molecule has 2 aliphatic carbocycles. The zero-order valence-corrected chi connectivity index (χ0v) is 11.9. The average molecular weight is 251 g/mol. The molecule has 3 unspecified atom stereocenters. The molecule has 104 valence electrons. The molecule has 0 aromatic rings. The molecule has 2 N–H and O–H groups in total. The van der Waals surface area contributed by atoms with Gasteiger partial charge < -0.3 is 10.5 Å². The Labute approximate surface area is 112 Å². The normalized spacial score (nSPS) is 43.7. The van der Waals surface area contributed by atoms with Gasteiger partial charge in [-0.3, -0.25) is 0 Å². The van der Waals surface area contributed by atoms with E-state index in [1.54, 1.807) is 0 Å². The van der Waals surface area contributed by atoms with Crippen molar-refractivity contribution in [3.63, 3.8) is 0 Å². The highest BCUT2D eigenvalue weighted by atomic mass is 16.5. The Bertz CT molecular complexity index is 297. The summed E-state index contributed by atoms with van der Waals surface area (Å²) in [5.74, 6) is 1.61. The lowest BCUT2D eigenvalue weighted by atomic mass is 9.72. The lowest BCUT2D eigenvalue weighted by Crippen LogP contribution is -2.51. The van der Waals surface area contributed by atoms with Crippen LogP contribution in [-0.2, 0) is 4.74 Å². The molecule has 1 spiro atoms. The third-order valence-corrected chi connectivity index (χ3v) is 6.08. The molecule has 2 saturated carbocycles. The van der Waals surface area contributed by atoms with Crippen molar-refractivity contribution in [1.29, 1.82) is 0 Å². The van der Waals surface area contributed by atoms with Crippen molar-refractivity contribution in [2.24, 2.45) is 17.6 Å². The van der Waals surface area contributed by atoms with E-state index in [0.29, 0.717) is 0 Å². The second kappa shape index (κ2) is 4.79. The maximum Gasteiger partial charge on any atom is 0.0685 e. The van der Waals surface area contributed by atoms with Gasteiger partial charge in [0.2, 0.25) is 0 Å². The molecule has 0 bridgehead atoms. The van der Waals surface area contributed by atoms with Crippen molar-refractivity contribution in [3.8, 4) is 0 Å². The number of hydrogen-bond donors (Lipinski definition) is 1. The van der Waals surface area contributed by atoms with Gasteiger partial charge in [-0.2, -0.15) is 0 Å². The molecular weight excluding hydrogens is 222 g/mol. The minimum atomic E-state index is 0.139. The summed E-state index contributed by atoms with van der Waals surface area (Å²) >= 11 is 0. The molecule has 3 fully saturated rings. The highest BCUT2D eigenvalue weighted by Crippen LogP contribution is 2.49. The van der Waals surface area contributed by atoms with Crippen molar-refractivity contribution in [2.75, 3.05) is 6.61 Å². The Morgan fingerprint density at radius 2 is 1.89 bits per heavy atom. The van der Waals surface area contributed by atoms with Gasteiger partial charge >= 0.3 is 0 Å². The first-order valence-electron chi connectivity index (χ1n) is 8.09. The molecular formula is C16H29NO. The fraction of sp³-hybridized carbons (Fsp3) is 1.00. The van der Waals surface area contributed by atoms with E-state index >= 15 is 0 Å². The zero-order valence-electron chi connectivity index (χ0n) is 11.9. The van der Waals surface area contributed by atoms with Gasteiger partial charge in [-0.1, -0.05) is 26.2 Å². The van der Waals surface area contributed by atoms with Crippen LogP contribution < -0.4 is 5.73 Å². The third kappa shape index (κ3) is 2.22. The highest BCUT2D eigenvalue weighted by Gasteiger charge is 2.48. The fourth-order valence-electron chi connectivity index (χ4n) is 4.82. The lowest BCUT2D eigenvalue weighted by molar-refractivity contribution is -0.105. The zero-order chi connectivity index (χ0) is 12.6. The molecule has 1 saturated heterocycles. The van der Waals surface area contributed by atoms with Crippen molar-refractivity contribution in [1.82, 2.24) is 0 Å². The van der Waals surface area contributed by atoms with Gasteiger partial charge in [0.1, 0.15) is 0 Å². The molecule has 0 aromatic carbocycles. The molecule has 3 rings (SSSR count). The smallest absolute Gasteiger partial charge is 0.0685 e. The first-order chi connectivity index (χ1) is 8.66. The lowest BCUT2D eigenvalue weighted by Gasteiger charge is -2.45. The van der Waals surface area contributed by atoms with Gasteiger partial charge in [0.15, 0.2) is 0 Å². The molecule has 0 amide bonds. The molecule has 18 heavy (non-hydrogen) atoms. The Morgan fingerprint density at radius 3 is 2.56 bits per heavy atom. The van der Waals surface area contributed by atoms with Crippen LogP contribution in [0.25, 0.3) is 0 Å². The summed E-state index contributed by atoms with van der Waals surface area (Å²) in [7, 11) is 0. The van der Waals surface area contributed by atoms with Gasteiger partial charge in [0.25, 0.3) is 0 Å². The molecule has 1 heterocycles. The van der Waals surface area contributed by atoms with Gasteiger partial charge in [0.05, 0.1) is 5.60 Å². The van der Waals surface area contributed by atoms with Crippen molar-refractivity contribution in [3.05, 3.63) is 0 Å². The summed E-state index contributed by atoms with van der Waals surface area (Å²) in [5, 5.41) is 0. The molecule has 1 aliphatic heterocycles. The predicted molar refractivity (Wildman–Crippen MR) is 74.4 cm³/mol. The average Bonchev–Trinajstić information content (AvgIpc) is 2.98. The fourth-order valence-corrected chi connectivity index (χ4v) is 4.82. The van der Waals surface area contributed by atoms with Crippen LogP contribution in [0.5, 0.6) is 0 Å². The van der Waals surface area contributed by atoms with Crippen molar-refractivity contribution in [2.45, 2.75) is 82.3 Å². The van der Waals surface area contributed by atoms with Crippen LogP contribution in [-0.4, -0.2) is 17.7 Å². The number of rotatable bonds is 2. The standard InChI is InChI=1S/C16H29NO/c1-2-13-5-9-16(17,11-13)14-6-10-18-15(12-14)7-3-4-8-15/h13-14H,2-12,17H2,1H3. The SMILES string of the molecule is CCC1CCC(N)(C2CCOC3(CCCC3)C2)C1. The molecule has 0 radical (unpaired) electrons. The largest absolute Gasteiger partial charge is 0.375 e. The third-order valence-electron chi connectivity index (χ3n) is 6.08. The van der Waals surface area contributed by atoms with Crippen LogP contribution in [0, 0.1) is 11.8 Å². The Balaban J connectivity index is 1.68. The maximum absolute atomic E-state index is 6.80. The first-order valence-corrected chi connectivity index (χ1v) is 8.09. The molecule has 2 nitrogen and oxygen atoms in total. The number of ether oxygens (including phenoxy) is 1. The van der Waals surface area contributed by atoms with E-state index in [1.165, 1.54) is 64.2 Å². The van der Waals surface area contributed by atoms with Crippen molar-refractivity contribution < 1.29 is 4.74 Å². The summed E-state index contributed by atoms with van der Waals surface area (Å²) in [6.45, 7) is 3.28. The summed E-state index contributed by atoms with van der Waals surface area (Å²) in [4.78, 5) is 0. The minimum absolute atomic E-state index is 0.139. The van der Waals surface area contributed by atoms with E-state index in [-0.39, 0.29) is 11.1 Å². The molecule has 3 atom stereocenters. The molecule has 3 aliphatic rings. The second-order valence-electron chi connectivity index (χ2n) is 7.18. The van der Waals surface area contributed by atoms with E-state index in [1.807, 2.05) is 0 Å². The summed E-state index contributed by atoms with van der Waals surface area (Å²) in [6.07, 6.45) is 13.0. The van der Waals surface area contributed by atoms with Crippen LogP contribution in [0.1, 0.15) is 71.1 Å². The maximum atomic E-state index is 6.80. The summed E-state index contributed by atoms with van der Waals surface area (Å²) in [6, 6.07) is 0. The van der Waals surface area contributed by atoms with Crippen LogP contribution in [0.2, 0.25) is 0 Å². The van der Waals surface area contributed by atoms with Gasteiger partial charge in [-0.05, 0) is 56.8 Å². The van der Waals surface area contributed by atoms with Gasteiger partial charge in [-0.25, -0.2) is 0 Å². The van der Waals surface area contributed by atoms with E-state index in [4.69, 9.17) is 10.5 Å². The number of nitrogens with two attached hydrogens (primary N) is 1. The van der Waals surface area contributed by atoms with Crippen LogP contribution in [0.15, 0.2) is 0 Å². The van der Waals surface area contributed by atoms with Crippen LogP contribution >= 0.6 is 0 Å². The Hall–Kier alpha value is -0.0800. The quantitative estimate of drug-likeness (QED) is 0.813. The van der Waals surface area contributed by atoms with Gasteiger partial charge in [-0.15, -0.1) is 0 Å². The molecule has 0 aromatic heterocycles. The van der Waals surface area contributed by atoms with E-state index in [0.717, 1.165) is 18.4 Å². The topological polar surface area (TPSA) is 35.2 Å². The van der Waals surface area contributed by atoms with Gasteiger partial charge in [0, 0.05) is 12.1 Å². The van der Waals surface area contributed by atoms with Crippen LogP contribution in [0.3, 0.4) is 0 Å². The first kappa shape index (κ1) is 12.9. The van der Waals surface area contributed by atoms with Crippen LogP contribution in [0.4, 0.5) is 0 Å². The highest BCUT2D eigenvalue weighted by molar-refractivity contribution is 5.03.